The van der Waals surface area contributed by atoms with E-state index in [1.54, 1.807) is 0 Å². The highest BCUT2D eigenvalue weighted by Crippen LogP contribution is 2.26. The van der Waals surface area contributed by atoms with E-state index in [-0.39, 0.29) is 6.04 Å². The Morgan fingerprint density at radius 1 is 1.10 bits per heavy atom. The second-order valence-electron chi connectivity index (χ2n) is 6.42. The topological polar surface area (TPSA) is 35.8 Å². The number of rotatable bonds is 4. The molecule has 1 saturated carbocycles. The Labute approximate surface area is 123 Å². The van der Waals surface area contributed by atoms with E-state index in [1.807, 2.05) is 0 Å². The first-order valence-electron chi connectivity index (χ1n) is 7.87. The van der Waals surface area contributed by atoms with Crippen molar-refractivity contribution in [2.24, 2.45) is 5.92 Å². The van der Waals surface area contributed by atoms with Gasteiger partial charge in [-0.15, -0.1) is 0 Å². The van der Waals surface area contributed by atoms with Crippen molar-refractivity contribution in [3.8, 4) is 6.07 Å². The number of nitrogens with one attached hydrogen (secondary N) is 1. The van der Waals surface area contributed by atoms with Crippen LogP contribution in [0.15, 0.2) is 24.3 Å². The predicted molar refractivity (Wildman–Crippen MR) is 83.4 cm³/mol. The van der Waals surface area contributed by atoms with Gasteiger partial charge in [0, 0.05) is 6.04 Å². The van der Waals surface area contributed by atoms with Gasteiger partial charge in [-0.05, 0) is 35.8 Å². The van der Waals surface area contributed by atoms with E-state index in [9.17, 15) is 5.26 Å². The Bertz CT molecular complexity index is 455. The van der Waals surface area contributed by atoms with Crippen LogP contribution in [0, 0.1) is 17.2 Å². The van der Waals surface area contributed by atoms with Gasteiger partial charge in [0.05, 0.1) is 6.07 Å². The SMILES string of the molecule is CC(C)c1ccc(C(C#N)NC2CCCCC2C)cc1. The largest absolute Gasteiger partial charge is 0.295 e. The third kappa shape index (κ3) is 3.61. The highest BCUT2D eigenvalue weighted by molar-refractivity contribution is 5.29. The van der Waals surface area contributed by atoms with Gasteiger partial charge in [-0.3, -0.25) is 5.32 Å². The fraction of sp³-hybridized carbons (Fsp3) is 0.611. The third-order valence-corrected chi connectivity index (χ3v) is 4.56. The van der Waals surface area contributed by atoms with Crippen molar-refractivity contribution in [3.05, 3.63) is 35.4 Å². The van der Waals surface area contributed by atoms with Crippen LogP contribution >= 0.6 is 0 Å². The fourth-order valence-corrected chi connectivity index (χ4v) is 3.06. The van der Waals surface area contributed by atoms with Crippen LogP contribution in [0.5, 0.6) is 0 Å². The molecule has 2 rings (SSSR count). The van der Waals surface area contributed by atoms with E-state index in [0.717, 1.165) is 5.56 Å². The van der Waals surface area contributed by atoms with Crippen LogP contribution in [0.2, 0.25) is 0 Å². The highest BCUT2D eigenvalue weighted by Gasteiger charge is 2.24. The summed E-state index contributed by atoms with van der Waals surface area (Å²) >= 11 is 0. The molecule has 3 atom stereocenters. The Morgan fingerprint density at radius 2 is 1.70 bits per heavy atom. The lowest BCUT2D eigenvalue weighted by Gasteiger charge is -2.31. The molecule has 0 spiro atoms. The van der Waals surface area contributed by atoms with Crippen LogP contribution in [0.4, 0.5) is 0 Å². The Kier molecular flexibility index (Phi) is 5.20. The van der Waals surface area contributed by atoms with Crippen molar-refractivity contribution < 1.29 is 0 Å². The van der Waals surface area contributed by atoms with Crippen LogP contribution in [0.1, 0.15) is 69.5 Å². The van der Waals surface area contributed by atoms with Crippen molar-refractivity contribution in [2.45, 2.75) is 64.5 Å². The number of hydrogen-bond donors (Lipinski definition) is 1. The first kappa shape index (κ1) is 15.1. The molecule has 0 aliphatic heterocycles. The van der Waals surface area contributed by atoms with Gasteiger partial charge in [0.15, 0.2) is 0 Å². The summed E-state index contributed by atoms with van der Waals surface area (Å²) < 4.78 is 0. The standard InChI is InChI=1S/C18H26N2/c1-13(2)15-8-10-16(11-9-15)18(12-19)20-17-7-5-4-6-14(17)3/h8-11,13-14,17-18,20H,4-7H2,1-3H3. The summed E-state index contributed by atoms with van der Waals surface area (Å²) in [6.45, 7) is 6.69. The lowest BCUT2D eigenvalue weighted by molar-refractivity contribution is 0.271. The molecule has 0 saturated heterocycles. The lowest BCUT2D eigenvalue weighted by atomic mass is 9.85. The van der Waals surface area contributed by atoms with Gasteiger partial charge >= 0.3 is 0 Å². The predicted octanol–water partition coefficient (Wildman–Crippen LogP) is 4.54. The molecule has 20 heavy (non-hydrogen) atoms. The van der Waals surface area contributed by atoms with Crippen LogP contribution in [0.25, 0.3) is 0 Å². The smallest absolute Gasteiger partial charge is 0.121 e. The third-order valence-electron chi connectivity index (χ3n) is 4.56. The molecule has 0 radical (unpaired) electrons. The normalized spacial score (nSPS) is 24.4. The second-order valence-corrected chi connectivity index (χ2v) is 6.42. The molecule has 0 aromatic heterocycles. The highest BCUT2D eigenvalue weighted by atomic mass is 15.0. The minimum atomic E-state index is -0.179. The molecule has 1 aliphatic carbocycles. The van der Waals surface area contributed by atoms with Crippen molar-refractivity contribution in [1.29, 1.82) is 5.26 Å². The summed E-state index contributed by atoms with van der Waals surface area (Å²) in [7, 11) is 0. The molecule has 0 amide bonds. The molecule has 1 aliphatic rings. The quantitative estimate of drug-likeness (QED) is 0.871. The van der Waals surface area contributed by atoms with Crippen molar-refractivity contribution in [2.75, 3.05) is 0 Å². The van der Waals surface area contributed by atoms with E-state index in [0.29, 0.717) is 17.9 Å². The molecular weight excluding hydrogens is 244 g/mol. The monoisotopic (exact) mass is 270 g/mol. The van der Waals surface area contributed by atoms with Crippen LogP contribution < -0.4 is 5.32 Å². The minimum absolute atomic E-state index is 0.179. The maximum absolute atomic E-state index is 9.46. The lowest BCUT2D eigenvalue weighted by Crippen LogP contribution is -2.39. The molecule has 0 bridgehead atoms. The summed E-state index contributed by atoms with van der Waals surface area (Å²) in [4.78, 5) is 0. The molecule has 2 nitrogen and oxygen atoms in total. The average Bonchev–Trinajstić information content (AvgIpc) is 2.46. The first-order valence-corrected chi connectivity index (χ1v) is 7.87. The maximum atomic E-state index is 9.46. The first-order chi connectivity index (χ1) is 9.61. The van der Waals surface area contributed by atoms with Crippen LogP contribution in [0.3, 0.4) is 0 Å². The van der Waals surface area contributed by atoms with E-state index >= 15 is 0 Å². The van der Waals surface area contributed by atoms with E-state index < -0.39 is 0 Å². The Hall–Kier alpha value is -1.33. The molecular formula is C18H26N2. The Balaban J connectivity index is 2.06. The van der Waals surface area contributed by atoms with Gasteiger partial charge < -0.3 is 0 Å². The number of benzene rings is 1. The molecule has 3 unspecified atom stereocenters. The number of hydrogen-bond acceptors (Lipinski definition) is 2. The molecule has 1 aromatic carbocycles. The summed E-state index contributed by atoms with van der Waals surface area (Å²) in [5.74, 6) is 1.21. The van der Waals surface area contributed by atoms with E-state index in [4.69, 9.17) is 0 Å². The van der Waals surface area contributed by atoms with Crippen LogP contribution in [-0.4, -0.2) is 6.04 Å². The number of nitriles is 1. The van der Waals surface area contributed by atoms with Crippen molar-refractivity contribution >= 4 is 0 Å². The van der Waals surface area contributed by atoms with Gasteiger partial charge in [0.25, 0.3) is 0 Å². The molecule has 2 heteroatoms. The minimum Gasteiger partial charge on any atom is -0.295 e. The molecule has 1 fully saturated rings. The zero-order chi connectivity index (χ0) is 14.5. The van der Waals surface area contributed by atoms with E-state index in [2.05, 4.69) is 56.4 Å². The second kappa shape index (κ2) is 6.90. The molecule has 1 N–H and O–H groups in total. The fourth-order valence-electron chi connectivity index (χ4n) is 3.06. The van der Waals surface area contributed by atoms with Gasteiger partial charge in [-0.2, -0.15) is 5.26 Å². The average molecular weight is 270 g/mol. The summed E-state index contributed by atoms with van der Waals surface area (Å²) in [5, 5.41) is 13.0. The summed E-state index contributed by atoms with van der Waals surface area (Å²) in [6, 6.07) is 11.2. The number of nitrogens with zero attached hydrogens (tertiary/aromatic N) is 1. The summed E-state index contributed by atoms with van der Waals surface area (Å²) in [5.41, 5.74) is 2.42. The van der Waals surface area contributed by atoms with Gasteiger partial charge in [0.2, 0.25) is 0 Å². The zero-order valence-electron chi connectivity index (χ0n) is 12.9. The molecule has 108 valence electrons. The zero-order valence-corrected chi connectivity index (χ0v) is 12.9. The van der Waals surface area contributed by atoms with Crippen molar-refractivity contribution in [3.63, 3.8) is 0 Å². The van der Waals surface area contributed by atoms with Gasteiger partial charge in [0.1, 0.15) is 6.04 Å². The molecule has 1 aromatic rings. The molecule has 0 heterocycles. The van der Waals surface area contributed by atoms with Crippen molar-refractivity contribution in [1.82, 2.24) is 5.32 Å². The van der Waals surface area contributed by atoms with Crippen LogP contribution in [-0.2, 0) is 0 Å². The van der Waals surface area contributed by atoms with Gasteiger partial charge in [-0.1, -0.05) is 57.9 Å². The maximum Gasteiger partial charge on any atom is 0.121 e. The van der Waals surface area contributed by atoms with E-state index in [1.165, 1.54) is 31.2 Å². The van der Waals surface area contributed by atoms with Gasteiger partial charge in [-0.25, -0.2) is 0 Å². The Morgan fingerprint density at radius 3 is 2.25 bits per heavy atom. The summed E-state index contributed by atoms with van der Waals surface area (Å²) in [6.07, 6.45) is 5.09.